The predicted octanol–water partition coefficient (Wildman–Crippen LogP) is 8.12. The fourth-order valence-electron chi connectivity index (χ4n) is 7.60. The van der Waals surface area contributed by atoms with E-state index in [0.29, 0.717) is 37.0 Å². The average molecular weight is 774 g/mol. The first-order valence-corrected chi connectivity index (χ1v) is 20.0. The number of phenols is 1. The van der Waals surface area contributed by atoms with Crippen LogP contribution in [0.5, 0.6) is 5.75 Å². The van der Waals surface area contributed by atoms with Crippen molar-refractivity contribution in [3.8, 4) is 5.75 Å². The summed E-state index contributed by atoms with van der Waals surface area (Å²) >= 11 is 1.71. The lowest BCUT2D eigenvalue weighted by Crippen LogP contribution is -2.67. The summed E-state index contributed by atoms with van der Waals surface area (Å²) in [6, 6.07) is 7.25. The summed E-state index contributed by atoms with van der Waals surface area (Å²) in [6.07, 6.45) is -1.80. The number of ketones is 1. The second kappa shape index (κ2) is 16.7. The smallest absolute Gasteiger partial charge is 0.452 e. The van der Waals surface area contributed by atoms with E-state index in [9.17, 15) is 37.5 Å². The number of Topliss-reactive ketones (excluding diaryl/α,β-unsaturated/α-hetero) is 1. The molecule has 2 aromatic carbocycles. The third kappa shape index (κ3) is 10.0. The molecule has 3 amide bonds. The molecule has 12 heteroatoms. The van der Waals surface area contributed by atoms with Gasteiger partial charge in [0.05, 0.1) is 6.04 Å². The number of thioether (sulfide) groups is 1. The molecular weight excluding hydrogens is 716 g/mol. The number of hydrogen-bond acceptors (Lipinski definition) is 6. The summed E-state index contributed by atoms with van der Waals surface area (Å²) in [5.74, 6) is -4.01. The Bertz CT molecular complexity index is 1650. The van der Waals surface area contributed by atoms with Gasteiger partial charge < -0.3 is 20.6 Å². The SMILES string of the molecule is CC(C)C(NC(=O)c1ccc(CCSc2cc(C(C)(C)C)c(O)c(C(C)(C)C)c2)cc1)C(=O)N1C2CCC(CC2)[C@@H]1C(=O)NC(C(=O)C(F)(F)F)C(C)C. The Hall–Kier alpha value is -3.54. The van der Waals surface area contributed by atoms with Crippen molar-refractivity contribution in [3.05, 3.63) is 58.7 Å². The van der Waals surface area contributed by atoms with Gasteiger partial charge in [-0.05, 0) is 90.5 Å². The van der Waals surface area contributed by atoms with E-state index in [-0.39, 0.29) is 28.7 Å². The van der Waals surface area contributed by atoms with Crippen molar-refractivity contribution in [3.63, 3.8) is 0 Å². The molecular formula is C42H58F3N3O5S. The number of carbonyl (C=O) groups is 4. The third-order valence-corrected chi connectivity index (χ3v) is 11.7. The predicted molar refractivity (Wildman–Crippen MR) is 207 cm³/mol. The fourth-order valence-corrected chi connectivity index (χ4v) is 8.58. The number of nitrogens with one attached hydrogen (secondary N) is 2. The minimum Gasteiger partial charge on any atom is -0.507 e. The van der Waals surface area contributed by atoms with Crippen molar-refractivity contribution in [2.75, 3.05) is 5.75 Å². The molecule has 1 aliphatic carbocycles. The van der Waals surface area contributed by atoms with Gasteiger partial charge in [0.15, 0.2) is 0 Å². The molecule has 2 aliphatic heterocycles. The average Bonchev–Trinajstić information content (AvgIpc) is 3.08. The van der Waals surface area contributed by atoms with Crippen LogP contribution in [-0.4, -0.2) is 69.6 Å². The van der Waals surface area contributed by atoms with Gasteiger partial charge in [-0.25, -0.2) is 0 Å². The number of fused-ring (bicyclic) bond motifs is 3. The molecule has 0 radical (unpaired) electrons. The summed E-state index contributed by atoms with van der Waals surface area (Å²) in [7, 11) is 0. The van der Waals surface area contributed by atoms with Gasteiger partial charge >= 0.3 is 6.18 Å². The van der Waals surface area contributed by atoms with Crippen LogP contribution in [0.25, 0.3) is 0 Å². The van der Waals surface area contributed by atoms with Gasteiger partial charge in [0.2, 0.25) is 11.8 Å². The standard InChI is InChI=1S/C42H58F3N3O5S/c1-23(2)32(36(50)42(43,44)45)46-38(52)34-26-15-17-28(18-16-26)48(34)39(53)33(24(3)4)47-37(51)27-13-11-25(12-14-27)19-20-54-29-21-30(40(5,6)7)35(49)31(22-29)41(8,9)10/h11-14,21-24,26,28,32-34,49H,15-20H2,1-10H3,(H,46,52)(H,47,51)/t26?,28?,32?,33?,34-/m1/s1. The Morgan fingerprint density at radius 3 is 1.80 bits per heavy atom. The van der Waals surface area contributed by atoms with Crippen LogP contribution in [0.1, 0.15) is 122 Å². The molecule has 3 aliphatic rings. The second-order valence-electron chi connectivity index (χ2n) is 17.7. The van der Waals surface area contributed by atoms with E-state index < -0.39 is 53.7 Å². The highest BCUT2D eigenvalue weighted by molar-refractivity contribution is 7.99. The van der Waals surface area contributed by atoms with Crippen LogP contribution in [0.2, 0.25) is 0 Å². The molecule has 8 nitrogen and oxygen atoms in total. The minimum absolute atomic E-state index is 0.224. The quantitative estimate of drug-likeness (QED) is 0.188. The zero-order chi connectivity index (χ0) is 40.5. The number of hydrogen-bond donors (Lipinski definition) is 3. The van der Waals surface area contributed by atoms with Gasteiger partial charge in [-0.2, -0.15) is 13.2 Å². The Kier molecular flexibility index (Phi) is 13.3. The molecule has 3 N–H and O–H groups in total. The van der Waals surface area contributed by atoms with Crippen LogP contribution < -0.4 is 10.6 Å². The van der Waals surface area contributed by atoms with Gasteiger partial charge in [-0.3, -0.25) is 19.2 Å². The van der Waals surface area contributed by atoms with Gasteiger partial charge in [-0.1, -0.05) is 81.4 Å². The maximum atomic E-state index is 14.3. The van der Waals surface area contributed by atoms with Crippen LogP contribution in [0, 0.1) is 17.8 Å². The van der Waals surface area contributed by atoms with Crippen LogP contribution in [0.3, 0.4) is 0 Å². The number of aryl methyl sites for hydroxylation is 1. The normalized spacial score (nSPS) is 20.2. The van der Waals surface area contributed by atoms with Crippen molar-refractivity contribution in [2.45, 2.75) is 147 Å². The number of rotatable bonds is 12. The Morgan fingerprint density at radius 2 is 1.33 bits per heavy atom. The summed E-state index contributed by atoms with van der Waals surface area (Å²) in [6.45, 7) is 19.0. The van der Waals surface area contributed by atoms with Crippen molar-refractivity contribution in [1.29, 1.82) is 0 Å². The van der Waals surface area contributed by atoms with E-state index in [0.717, 1.165) is 33.8 Å². The molecule has 2 saturated heterocycles. The van der Waals surface area contributed by atoms with Crippen molar-refractivity contribution < 1.29 is 37.5 Å². The lowest BCUT2D eigenvalue weighted by Gasteiger charge is -2.51. The highest BCUT2D eigenvalue weighted by Gasteiger charge is 2.51. The number of phenolic OH excluding ortho intramolecular Hbond substituents is 1. The van der Waals surface area contributed by atoms with Crippen LogP contribution in [-0.2, 0) is 31.6 Å². The highest BCUT2D eigenvalue weighted by Crippen LogP contribution is 2.43. The van der Waals surface area contributed by atoms with E-state index in [2.05, 4.69) is 64.3 Å². The molecule has 5 rings (SSSR count). The van der Waals surface area contributed by atoms with Crippen molar-refractivity contribution >= 4 is 35.3 Å². The Balaban J connectivity index is 1.45. The number of carbonyl (C=O) groups excluding carboxylic acids is 4. The van der Waals surface area contributed by atoms with E-state index >= 15 is 0 Å². The van der Waals surface area contributed by atoms with Crippen LogP contribution >= 0.6 is 11.8 Å². The lowest BCUT2D eigenvalue weighted by molar-refractivity contribution is -0.175. The zero-order valence-electron chi connectivity index (χ0n) is 33.3. The lowest BCUT2D eigenvalue weighted by atomic mass is 9.73. The number of amides is 3. The fraction of sp³-hybridized carbons (Fsp3) is 0.619. The van der Waals surface area contributed by atoms with Crippen LogP contribution in [0.15, 0.2) is 41.3 Å². The topological polar surface area (TPSA) is 116 Å². The molecule has 2 aromatic rings. The minimum atomic E-state index is -5.12. The molecule has 54 heavy (non-hydrogen) atoms. The first kappa shape index (κ1) is 43.2. The van der Waals surface area contributed by atoms with E-state index in [4.69, 9.17) is 0 Å². The highest BCUT2D eigenvalue weighted by atomic mass is 32.2. The number of aromatic hydroxyl groups is 1. The number of halogens is 3. The zero-order valence-corrected chi connectivity index (χ0v) is 34.1. The third-order valence-electron chi connectivity index (χ3n) is 10.7. The first-order chi connectivity index (χ1) is 24.9. The second-order valence-corrected chi connectivity index (χ2v) is 18.9. The molecule has 3 atom stereocenters. The van der Waals surface area contributed by atoms with Crippen molar-refractivity contribution in [1.82, 2.24) is 15.5 Å². The van der Waals surface area contributed by atoms with E-state index in [1.807, 2.05) is 12.1 Å². The number of piperidine rings is 2. The largest absolute Gasteiger partial charge is 0.507 e. The number of nitrogens with zero attached hydrogens (tertiary/aromatic N) is 1. The Labute approximate surface area is 322 Å². The van der Waals surface area contributed by atoms with Gasteiger partial charge in [0.1, 0.15) is 17.8 Å². The monoisotopic (exact) mass is 773 g/mol. The molecule has 2 unspecified atom stereocenters. The number of benzene rings is 2. The molecule has 1 saturated carbocycles. The molecule has 298 valence electrons. The molecule has 0 aromatic heterocycles. The summed E-state index contributed by atoms with van der Waals surface area (Å²) in [5.41, 5.74) is 2.78. The molecule has 3 fully saturated rings. The summed E-state index contributed by atoms with van der Waals surface area (Å²) in [4.78, 5) is 56.2. The maximum Gasteiger partial charge on any atom is 0.452 e. The van der Waals surface area contributed by atoms with Gasteiger partial charge in [0, 0.05) is 33.4 Å². The Morgan fingerprint density at radius 1 is 0.815 bits per heavy atom. The molecule has 2 bridgehead atoms. The van der Waals surface area contributed by atoms with Crippen LogP contribution in [0.4, 0.5) is 13.2 Å². The number of alkyl halides is 3. The molecule has 0 spiro atoms. The molecule has 2 heterocycles. The summed E-state index contributed by atoms with van der Waals surface area (Å²) in [5, 5.41) is 16.3. The van der Waals surface area contributed by atoms with Gasteiger partial charge in [-0.15, -0.1) is 11.8 Å². The van der Waals surface area contributed by atoms with Gasteiger partial charge in [0.25, 0.3) is 11.7 Å². The van der Waals surface area contributed by atoms with Crippen molar-refractivity contribution in [2.24, 2.45) is 17.8 Å². The van der Waals surface area contributed by atoms with E-state index in [1.54, 1.807) is 37.7 Å². The summed E-state index contributed by atoms with van der Waals surface area (Å²) < 4.78 is 40.2. The first-order valence-electron chi connectivity index (χ1n) is 19.1. The maximum absolute atomic E-state index is 14.3. The van der Waals surface area contributed by atoms with E-state index in [1.165, 1.54) is 18.7 Å².